The molecule has 0 aliphatic carbocycles. The zero-order valence-corrected chi connectivity index (χ0v) is 8.39. The maximum atomic E-state index is 11.0. The molecule has 12 heavy (non-hydrogen) atoms. The summed E-state index contributed by atoms with van der Waals surface area (Å²) in [6.07, 6.45) is 0.387. The molecule has 0 radical (unpaired) electrons. The van der Waals surface area contributed by atoms with Gasteiger partial charge in [-0.25, -0.2) is 0 Å². The molecule has 1 unspecified atom stereocenters. The van der Waals surface area contributed by atoms with Crippen LogP contribution in [0.4, 0.5) is 0 Å². The van der Waals surface area contributed by atoms with Gasteiger partial charge in [0, 0.05) is 6.42 Å². The predicted molar refractivity (Wildman–Crippen MR) is 46.9 cm³/mol. The molecule has 0 aliphatic heterocycles. The molecule has 1 atom stereocenters. The zero-order valence-electron chi connectivity index (χ0n) is 7.63. The normalized spacial score (nSPS) is 14.1. The van der Waals surface area contributed by atoms with E-state index in [2.05, 4.69) is 0 Å². The van der Waals surface area contributed by atoms with Crippen LogP contribution in [0.2, 0.25) is 0 Å². The molecule has 0 aromatic rings. The maximum Gasteiger partial charge on any atom is 0.306 e. The number of ether oxygens (including phenoxy) is 1. The molecule has 0 fully saturated rings. The largest absolute Gasteiger partial charge is 0.460 e. The molecule has 1 N–H and O–H groups in total. The molecule has 0 saturated heterocycles. The lowest BCUT2D eigenvalue weighted by Gasteiger charge is -2.19. The van der Waals surface area contributed by atoms with Crippen LogP contribution in [0.25, 0.3) is 0 Å². The molecule has 0 aliphatic rings. The van der Waals surface area contributed by atoms with E-state index in [1.54, 1.807) is 20.8 Å². The van der Waals surface area contributed by atoms with Crippen LogP contribution >= 0.6 is 11.6 Å². The SMILES string of the molecule is CC(C)(C)OC(=O)CCC(O)Cl. The van der Waals surface area contributed by atoms with E-state index in [4.69, 9.17) is 21.4 Å². The third kappa shape index (κ3) is 7.82. The Morgan fingerprint density at radius 2 is 2.08 bits per heavy atom. The van der Waals surface area contributed by atoms with Crippen molar-refractivity contribution in [1.29, 1.82) is 0 Å². The Hall–Kier alpha value is -0.280. The van der Waals surface area contributed by atoms with Crippen LogP contribution in [0.3, 0.4) is 0 Å². The Balaban J connectivity index is 3.61. The molecule has 72 valence electrons. The van der Waals surface area contributed by atoms with Crippen LogP contribution in [0, 0.1) is 0 Å². The number of carbonyl (C=O) groups excluding carboxylic acids is 1. The van der Waals surface area contributed by atoms with Crippen LogP contribution in [0.1, 0.15) is 33.6 Å². The number of alkyl halides is 1. The molecule has 0 bridgehead atoms. The van der Waals surface area contributed by atoms with E-state index in [9.17, 15) is 4.79 Å². The first-order chi connectivity index (χ1) is 5.31. The highest BCUT2D eigenvalue weighted by molar-refractivity contribution is 6.19. The van der Waals surface area contributed by atoms with Crippen molar-refractivity contribution < 1.29 is 14.6 Å². The predicted octanol–water partition coefficient (Wildman–Crippen LogP) is 1.67. The zero-order chi connectivity index (χ0) is 9.78. The summed E-state index contributed by atoms with van der Waals surface area (Å²) in [4.78, 5) is 11.0. The van der Waals surface area contributed by atoms with Crippen LogP contribution in [-0.4, -0.2) is 22.2 Å². The molecule has 0 rings (SSSR count). The highest BCUT2D eigenvalue weighted by atomic mass is 35.5. The average Bonchev–Trinajstić information content (AvgIpc) is 1.79. The van der Waals surface area contributed by atoms with E-state index in [0.717, 1.165) is 0 Å². The lowest BCUT2D eigenvalue weighted by Crippen LogP contribution is -2.24. The smallest absolute Gasteiger partial charge is 0.306 e. The number of aliphatic hydroxyl groups excluding tert-OH is 1. The van der Waals surface area contributed by atoms with Crippen molar-refractivity contribution in [1.82, 2.24) is 0 Å². The molecule has 0 aromatic carbocycles. The molecule has 0 aromatic heterocycles. The second-order valence-corrected chi connectivity index (χ2v) is 4.06. The lowest BCUT2D eigenvalue weighted by atomic mass is 10.2. The van der Waals surface area contributed by atoms with Crippen molar-refractivity contribution in [2.24, 2.45) is 0 Å². The molecule has 0 spiro atoms. The van der Waals surface area contributed by atoms with Crippen LogP contribution in [-0.2, 0) is 9.53 Å². The van der Waals surface area contributed by atoms with Gasteiger partial charge in [-0.3, -0.25) is 4.79 Å². The van der Waals surface area contributed by atoms with Crippen molar-refractivity contribution in [3.63, 3.8) is 0 Å². The van der Waals surface area contributed by atoms with Gasteiger partial charge in [-0.1, -0.05) is 11.6 Å². The summed E-state index contributed by atoms with van der Waals surface area (Å²) in [5.74, 6) is -0.331. The summed E-state index contributed by atoms with van der Waals surface area (Å²) < 4.78 is 4.98. The van der Waals surface area contributed by atoms with Crippen LogP contribution in [0.5, 0.6) is 0 Å². The number of hydrogen-bond acceptors (Lipinski definition) is 3. The average molecular weight is 195 g/mol. The highest BCUT2D eigenvalue weighted by Gasteiger charge is 2.16. The highest BCUT2D eigenvalue weighted by Crippen LogP contribution is 2.10. The van der Waals surface area contributed by atoms with Gasteiger partial charge in [-0.15, -0.1) is 0 Å². The Morgan fingerprint density at radius 1 is 1.58 bits per heavy atom. The fourth-order valence-corrected chi connectivity index (χ4v) is 0.739. The lowest BCUT2D eigenvalue weighted by molar-refractivity contribution is -0.155. The third-order valence-electron chi connectivity index (χ3n) is 1.01. The molecular formula is C8H15ClO3. The third-order valence-corrected chi connectivity index (χ3v) is 1.22. The van der Waals surface area contributed by atoms with Gasteiger partial charge in [0.1, 0.15) is 11.2 Å². The van der Waals surface area contributed by atoms with E-state index in [0.29, 0.717) is 0 Å². The van der Waals surface area contributed by atoms with Crippen molar-refractivity contribution in [3.8, 4) is 0 Å². The van der Waals surface area contributed by atoms with Crippen LogP contribution in [0.15, 0.2) is 0 Å². The summed E-state index contributed by atoms with van der Waals surface area (Å²) in [7, 11) is 0. The summed E-state index contributed by atoms with van der Waals surface area (Å²) in [5, 5.41) is 8.66. The first-order valence-electron chi connectivity index (χ1n) is 3.85. The van der Waals surface area contributed by atoms with Gasteiger partial charge in [0.25, 0.3) is 0 Å². The Morgan fingerprint density at radius 3 is 2.42 bits per heavy atom. The Kier molecular flexibility index (Phi) is 4.57. The molecule has 4 heteroatoms. The molecular weight excluding hydrogens is 180 g/mol. The first-order valence-corrected chi connectivity index (χ1v) is 4.29. The van der Waals surface area contributed by atoms with Gasteiger partial charge in [0.2, 0.25) is 0 Å². The standard InChI is InChI=1S/C8H15ClO3/c1-8(2,3)12-7(11)5-4-6(9)10/h6,10H,4-5H2,1-3H3. The number of hydrogen-bond donors (Lipinski definition) is 1. The number of rotatable bonds is 3. The van der Waals surface area contributed by atoms with E-state index in [1.807, 2.05) is 0 Å². The molecule has 0 saturated carbocycles. The maximum absolute atomic E-state index is 11.0. The molecule has 0 amide bonds. The van der Waals surface area contributed by atoms with E-state index in [-0.39, 0.29) is 18.8 Å². The summed E-state index contributed by atoms with van der Waals surface area (Å²) in [6.45, 7) is 5.38. The summed E-state index contributed by atoms with van der Waals surface area (Å²) in [5.41, 5.74) is -1.42. The monoisotopic (exact) mass is 194 g/mol. The number of carbonyl (C=O) groups is 1. The minimum Gasteiger partial charge on any atom is -0.460 e. The van der Waals surface area contributed by atoms with Crippen molar-refractivity contribution in [3.05, 3.63) is 0 Å². The van der Waals surface area contributed by atoms with Gasteiger partial charge in [-0.05, 0) is 27.2 Å². The molecule has 3 nitrogen and oxygen atoms in total. The van der Waals surface area contributed by atoms with E-state index < -0.39 is 11.2 Å². The molecule has 0 heterocycles. The van der Waals surface area contributed by atoms with Gasteiger partial charge in [0.15, 0.2) is 0 Å². The van der Waals surface area contributed by atoms with Gasteiger partial charge in [0.05, 0.1) is 0 Å². The number of halogens is 1. The van der Waals surface area contributed by atoms with Crippen molar-refractivity contribution >= 4 is 17.6 Å². The van der Waals surface area contributed by atoms with Gasteiger partial charge >= 0.3 is 5.97 Å². The quantitative estimate of drug-likeness (QED) is 0.549. The summed E-state index contributed by atoms with van der Waals surface area (Å²) >= 11 is 5.24. The minimum absolute atomic E-state index is 0.155. The summed E-state index contributed by atoms with van der Waals surface area (Å²) in [6, 6.07) is 0. The Labute approximate surface area is 77.7 Å². The topological polar surface area (TPSA) is 46.5 Å². The van der Waals surface area contributed by atoms with Crippen molar-refractivity contribution in [2.45, 2.75) is 44.8 Å². The van der Waals surface area contributed by atoms with Crippen molar-refractivity contribution in [2.75, 3.05) is 0 Å². The minimum atomic E-state index is -0.961. The van der Waals surface area contributed by atoms with Gasteiger partial charge < -0.3 is 9.84 Å². The fraction of sp³-hybridized carbons (Fsp3) is 0.875. The van der Waals surface area contributed by atoms with E-state index >= 15 is 0 Å². The second-order valence-electron chi connectivity index (χ2n) is 3.56. The first kappa shape index (κ1) is 11.7. The fourth-order valence-electron chi connectivity index (χ4n) is 0.629. The van der Waals surface area contributed by atoms with Crippen LogP contribution < -0.4 is 0 Å². The Bertz CT molecular complexity index is 149. The number of aliphatic hydroxyl groups is 1. The number of esters is 1. The van der Waals surface area contributed by atoms with Gasteiger partial charge in [-0.2, -0.15) is 0 Å². The van der Waals surface area contributed by atoms with E-state index in [1.165, 1.54) is 0 Å². The second kappa shape index (κ2) is 4.67.